The van der Waals surface area contributed by atoms with Crippen LogP contribution >= 0.6 is 0 Å². The van der Waals surface area contributed by atoms with Gasteiger partial charge in [-0.15, -0.1) is 0 Å². The van der Waals surface area contributed by atoms with Crippen molar-refractivity contribution >= 4 is 35.4 Å². The summed E-state index contributed by atoms with van der Waals surface area (Å²) < 4.78 is 0. The number of piperidine rings is 1. The van der Waals surface area contributed by atoms with E-state index in [1.54, 1.807) is 12.1 Å². The number of carbonyl (C=O) groups excluding carboxylic acids is 4. The van der Waals surface area contributed by atoms with Gasteiger partial charge in [0.2, 0.25) is 11.8 Å². The largest absolute Gasteiger partial charge is 0.465 e. The number of fused-ring (bicyclic) bond motifs is 1. The molecule has 142 valence electrons. The third kappa shape index (κ3) is 3.59. The zero-order valence-electron chi connectivity index (χ0n) is 14.3. The Kier molecular flexibility index (Phi) is 5.06. The van der Waals surface area contributed by atoms with E-state index in [1.165, 1.54) is 6.07 Å². The predicted molar refractivity (Wildman–Crippen MR) is 92.2 cm³/mol. The van der Waals surface area contributed by atoms with Crippen molar-refractivity contribution in [2.75, 3.05) is 18.4 Å². The summed E-state index contributed by atoms with van der Waals surface area (Å²) in [5.41, 5.74) is 0.813. The van der Waals surface area contributed by atoms with Crippen LogP contribution in [0.3, 0.4) is 0 Å². The molecule has 10 nitrogen and oxygen atoms in total. The fraction of sp³-hybridized carbons (Fsp3) is 0.353. The predicted octanol–water partition coefficient (Wildman–Crippen LogP) is 0.157. The van der Waals surface area contributed by atoms with Crippen molar-refractivity contribution in [1.29, 1.82) is 0 Å². The minimum absolute atomic E-state index is 0.0610. The summed E-state index contributed by atoms with van der Waals surface area (Å²) in [6, 6.07) is 3.76. The van der Waals surface area contributed by atoms with Gasteiger partial charge in [-0.3, -0.25) is 29.4 Å². The molecule has 0 spiro atoms. The van der Waals surface area contributed by atoms with Crippen LogP contribution in [0.2, 0.25) is 0 Å². The number of hydrogen-bond donors (Lipinski definition) is 4. The minimum atomic E-state index is -1.11. The Morgan fingerprint density at radius 1 is 1.19 bits per heavy atom. The molecule has 1 fully saturated rings. The molecule has 1 unspecified atom stereocenters. The van der Waals surface area contributed by atoms with E-state index in [9.17, 15) is 24.0 Å². The summed E-state index contributed by atoms with van der Waals surface area (Å²) in [4.78, 5) is 60.2. The number of anilines is 1. The molecule has 0 bridgehead atoms. The quantitative estimate of drug-likeness (QED) is 0.410. The molecule has 0 aromatic heterocycles. The Balaban J connectivity index is 1.75. The maximum Gasteiger partial charge on any atom is 0.404 e. The van der Waals surface area contributed by atoms with E-state index in [1.807, 2.05) is 0 Å². The van der Waals surface area contributed by atoms with Crippen LogP contribution in [0.25, 0.3) is 0 Å². The highest BCUT2D eigenvalue weighted by molar-refractivity contribution is 6.25. The van der Waals surface area contributed by atoms with Crippen molar-refractivity contribution in [2.24, 2.45) is 0 Å². The van der Waals surface area contributed by atoms with Gasteiger partial charge in [0.1, 0.15) is 6.04 Å². The molecule has 1 saturated heterocycles. The number of benzene rings is 1. The van der Waals surface area contributed by atoms with Gasteiger partial charge < -0.3 is 15.7 Å². The number of nitrogens with one attached hydrogen (secondary N) is 3. The summed E-state index contributed by atoms with van der Waals surface area (Å²) in [5, 5.41) is 15.9. The topological polar surface area (TPSA) is 145 Å². The molecule has 0 aliphatic carbocycles. The maximum absolute atomic E-state index is 12.8. The summed E-state index contributed by atoms with van der Waals surface area (Å²) in [7, 11) is 0. The van der Waals surface area contributed by atoms with E-state index in [2.05, 4.69) is 16.0 Å². The molecule has 3 rings (SSSR count). The fourth-order valence-corrected chi connectivity index (χ4v) is 3.17. The fourth-order valence-electron chi connectivity index (χ4n) is 3.17. The van der Waals surface area contributed by atoms with E-state index in [-0.39, 0.29) is 30.5 Å². The Bertz CT molecular complexity index is 837. The lowest BCUT2D eigenvalue weighted by molar-refractivity contribution is -0.136. The lowest BCUT2D eigenvalue weighted by Crippen LogP contribution is -2.54. The van der Waals surface area contributed by atoms with Gasteiger partial charge in [-0.2, -0.15) is 0 Å². The third-order valence-corrected chi connectivity index (χ3v) is 4.41. The molecule has 0 radical (unpaired) electrons. The van der Waals surface area contributed by atoms with E-state index in [4.69, 9.17) is 5.11 Å². The molecule has 2 aliphatic rings. The SMILES string of the molecule is O=C(O)NCCCNc1cccc2c1C(=O)N(C1CCC(=O)NC1=O)C2=O. The van der Waals surface area contributed by atoms with E-state index < -0.39 is 35.8 Å². The lowest BCUT2D eigenvalue weighted by atomic mass is 10.0. The summed E-state index contributed by atoms with van der Waals surface area (Å²) in [6.07, 6.45) is -0.475. The molecule has 4 N–H and O–H groups in total. The Hall–Kier alpha value is -3.43. The van der Waals surface area contributed by atoms with Crippen LogP contribution in [0, 0.1) is 0 Å². The number of carbonyl (C=O) groups is 5. The third-order valence-electron chi connectivity index (χ3n) is 4.41. The molecule has 1 aromatic rings. The highest BCUT2D eigenvalue weighted by Gasteiger charge is 2.45. The summed E-state index contributed by atoms with van der Waals surface area (Å²) in [5.74, 6) is -2.24. The van der Waals surface area contributed by atoms with Gasteiger partial charge in [0.15, 0.2) is 0 Å². The van der Waals surface area contributed by atoms with Gasteiger partial charge in [-0.25, -0.2) is 4.79 Å². The smallest absolute Gasteiger partial charge is 0.404 e. The average Bonchev–Trinajstić information content (AvgIpc) is 2.87. The van der Waals surface area contributed by atoms with E-state index >= 15 is 0 Å². The van der Waals surface area contributed by atoms with E-state index in [0.717, 1.165) is 4.90 Å². The van der Waals surface area contributed by atoms with Crippen molar-refractivity contribution in [3.8, 4) is 0 Å². The zero-order chi connectivity index (χ0) is 19.6. The molecule has 5 amide bonds. The van der Waals surface area contributed by atoms with Crippen molar-refractivity contribution < 1.29 is 29.1 Å². The number of rotatable bonds is 6. The molecule has 1 atom stereocenters. The van der Waals surface area contributed by atoms with Gasteiger partial charge in [-0.1, -0.05) is 6.07 Å². The van der Waals surface area contributed by atoms with Crippen LogP contribution in [0.15, 0.2) is 18.2 Å². The van der Waals surface area contributed by atoms with Crippen molar-refractivity contribution in [3.63, 3.8) is 0 Å². The van der Waals surface area contributed by atoms with Gasteiger partial charge in [-0.05, 0) is 25.0 Å². The summed E-state index contributed by atoms with van der Waals surface area (Å²) >= 11 is 0. The molecule has 2 aliphatic heterocycles. The Morgan fingerprint density at radius 2 is 1.96 bits per heavy atom. The van der Waals surface area contributed by atoms with Gasteiger partial charge in [0, 0.05) is 25.2 Å². The molecule has 0 saturated carbocycles. The normalized spacial score (nSPS) is 19.0. The van der Waals surface area contributed by atoms with Crippen LogP contribution in [-0.4, -0.2) is 58.9 Å². The van der Waals surface area contributed by atoms with E-state index in [0.29, 0.717) is 18.7 Å². The second-order valence-corrected chi connectivity index (χ2v) is 6.19. The zero-order valence-corrected chi connectivity index (χ0v) is 14.3. The highest BCUT2D eigenvalue weighted by Crippen LogP contribution is 2.32. The van der Waals surface area contributed by atoms with Crippen molar-refractivity contribution in [1.82, 2.24) is 15.5 Å². The molecule has 10 heteroatoms. The van der Waals surface area contributed by atoms with Crippen molar-refractivity contribution in [2.45, 2.75) is 25.3 Å². The first kappa shape index (κ1) is 18.4. The molecular weight excluding hydrogens is 356 g/mol. The monoisotopic (exact) mass is 374 g/mol. The average molecular weight is 374 g/mol. The van der Waals surface area contributed by atoms with Crippen molar-refractivity contribution in [3.05, 3.63) is 29.3 Å². The number of hydrogen-bond acceptors (Lipinski definition) is 6. The second-order valence-electron chi connectivity index (χ2n) is 6.19. The van der Waals surface area contributed by atoms with Gasteiger partial charge in [0.25, 0.3) is 11.8 Å². The molecule has 1 aromatic carbocycles. The van der Waals surface area contributed by atoms with Gasteiger partial charge >= 0.3 is 6.09 Å². The summed E-state index contributed by atoms with van der Waals surface area (Å²) in [6.45, 7) is 0.628. The second kappa shape index (κ2) is 7.44. The first-order valence-corrected chi connectivity index (χ1v) is 8.45. The van der Waals surface area contributed by atoms with Crippen LogP contribution in [0.1, 0.15) is 40.0 Å². The van der Waals surface area contributed by atoms with Crippen LogP contribution in [-0.2, 0) is 9.59 Å². The first-order chi connectivity index (χ1) is 12.9. The first-order valence-electron chi connectivity index (χ1n) is 8.45. The van der Waals surface area contributed by atoms with Crippen LogP contribution in [0.5, 0.6) is 0 Å². The maximum atomic E-state index is 12.8. The molecule has 2 heterocycles. The van der Waals surface area contributed by atoms with Crippen LogP contribution in [0.4, 0.5) is 10.5 Å². The Labute approximate surface area is 153 Å². The number of imide groups is 2. The molecule has 27 heavy (non-hydrogen) atoms. The highest BCUT2D eigenvalue weighted by atomic mass is 16.4. The number of amides is 5. The molecular formula is C17H18N4O6. The number of carboxylic acid groups (broad SMARTS) is 1. The minimum Gasteiger partial charge on any atom is -0.465 e. The standard InChI is InChI=1S/C17H18N4O6/c22-12-6-5-11(14(23)20-12)21-15(24)9-3-1-4-10(13(9)16(21)25)18-7-2-8-19-17(26)27/h1,3-4,11,18-19H,2,5-8H2,(H,26,27)(H,20,22,23). The van der Waals surface area contributed by atoms with Crippen LogP contribution < -0.4 is 16.0 Å². The van der Waals surface area contributed by atoms with Gasteiger partial charge in [0.05, 0.1) is 11.1 Å². The Morgan fingerprint density at radius 3 is 2.67 bits per heavy atom. The lowest BCUT2D eigenvalue weighted by Gasteiger charge is -2.27. The number of nitrogens with zero attached hydrogens (tertiary/aromatic N) is 1.